The van der Waals surface area contributed by atoms with Crippen molar-refractivity contribution in [3.63, 3.8) is 0 Å². The summed E-state index contributed by atoms with van der Waals surface area (Å²) in [7, 11) is 0. The third-order valence-corrected chi connectivity index (χ3v) is 2.62. The lowest BCUT2D eigenvalue weighted by Crippen LogP contribution is -2.10. The molecular formula is C12H18N6O. The molecule has 0 aliphatic rings. The van der Waals surface area contributed by atoms with Crippen molar-refractivity contribution in [2.24, 2.45) is 0 Å². The Balaban J connectivity index is 1.93. The number of nitrogens with one attached hydrogen (secondary N) is 3. The van der Waals surface area contributed by atoms with E-state index in [4.69, 9.17) is 0 Å². The minimum Gasteiger partial charge on any atom is -0.370 e. The van der Waals surface area contributed by atoms with Crippen molar-refractivity contribution < 1.29 is 0 Å². The van der Waals surface area contributed by atoms with Gasteiger partial charge in [0.25, 0.3) is 0 Å². The van der Waals surface area contributed by atoms with E-state index < -0.39 is 0 Å². The highest BCUT2D eigenvalue weighted by Gasteiger charge is 2.02. The van der Waals surface area contributed by atoms with Crippen molar-refractivity contribution in [2.45, 2.75) is 33.1 Å². The molecule has 0 saturated heterocycles. The number of aryl methyl sites for hydroxylation is 2. The fraction of sp³-hybridized carbons (Fsp3) is 0.500. The molecule has 2 aromatic heterocycles. The number of hydrogen-bond acceptors (Lipinski definition) is 5. The number of aromatic nitrogens is 5. The summed E-state index contributed by atoms with van der Waals surface area (Å²) in [6, 6.07) is 1.96. The van der Waals surface area contributed by atoms with Crippen molar-refractivity contribution in [1.29, 1.82) is 0 Å². The Labute approximate surface area is 110 Å². The molecule has 7 heteroatoms. The second-order valence-corrected chi connectivity index (χ2v) is 4.34. The second-order valence-electron chi connectivity index (χ2n) is 4.34. The van der Waals surface area contributed by atoms with Crippen LogP contribution in [0.25, 0.3) is 0 Å². The Hall–Kier alpha value is -2.18. The molecule has 2 heterocycles. The van der Waals surface area contributed by atoms with Crippen LogP contribution >= 0.6 is 0 Å². The lowest BCUT2D eigenvalue weighted by Gasteiger charge is -2.07. The summed E-state index contributed by atoms with van der Waals surface area (Å²) in [4.78, 5) is 22.2. The van der Waals surface area contributed by atoms with Gasteiger partial charge in [-0.1, -0.05) is 13.3 Å². The molecule has 0 amide bonds. The molecule has 0 atom stereocenters. The molecule has 19 heavy (non-hydrogen) atoms. The van der Waals surface area contributed by atoms with Gasteiger partial charge in [0.2, 0.25) is 0 Å². The zero-order valence-corrected chi connectivity index (χ0v) is 11.2. The van der Waals surface area contributed by atoms with E-state index >= 15 is 0 Å². The predicted octanol–water partition coefficient (Wildman–Crippen LogP) is 0.804. The normalized spacial score (nSPS) is 10.6. The Morgan fingerprint density at radius 3 is 2.84 bits per heavy atom. The van der Waals surface area contributed by atoms with Gasteiger partial charge in [0.05, 0.1) is 0 Å². The summed E-state index contributed by atoms with van der Waals surface area (Å²) in [6.07, 6.45) is 2.64. The molecule has 0 spiro atoms. The van der Waals surface area contributed by atoms with Crippen LogP contribution in [-0.2, 0) is 12.8 Å². The maximum atomic E-state index is 10.9. The van der Waals surface area contributed by atoms with Gasteiger partial charge in [-0.2, -0.15) is 5.10 Å². The quantitative estimate of drug-likeness (QED) is 0.715. The molecule has 0 bridgehead atoms. The highest BCUT2D eigenvalue weighted by Crippen LogP contribution is 2.08. The monoisotopic (exact) mass is 262 g/mol. The summed E-state index contributed by atoms with van der Waals surface area (Å²) in [5.41, 5.74) is 0.767. The van der Waals surface area contributed by atoms with Gasteiger partial charge >= 0.3 is 5.69 Å². The van der Waals surface area contributed by atoms with Crippen molar-refractivity contribution in [1.82, 2.24) is 25.1 Å². The van der Waals surface area contributed by atoms with E-state index in [1.165, 1.54) is 0 Å². The third-order valence-electron chi connectivity index (χ3n) is 2.62. The molecular weight excluding hydrogens is 244 g/mol. The zero-order valence-electron chi connectivity index (χ0n) is 11.2. The Bertz CT molecular complexity index is 588. The van der Waals surface area contributed by atoms with Gasteiger partial charge in [-0.25, -0.2) is 19.9 Å². The van der Waals surface area contributed by atoms with Crippen LogP contribution in [0.4, 0.5) is 5.82 Å². The lowest BCUT2D eigenvalue weighted by molar-refractivity contribution is 0.850. The molecule has 102 valence electrons. The largest absolute Gasteiger partial charge is 0.370 e. The summed E-state index contributed by atoms with van der Waals surface area (Å²) < 4.78 is 0. The maximum absolute atomic E-state index is 10.9. The van der Waals surface area contributed by atoms with Crippen LogP contribution in [-0.4, -0.2) is 31.7 Å². The molecule has 0 aliphatic carbocycles. The van der Waals surface area contributed by atoms with Crippen LogP contribution in [0, 0.1) is 6.92 Å². The van der Waals surface area contributed by atoms with Crippen molar-refractivity contribution in [3.8, 4) is 0 Å². The first-order chi connectivity index (χ1) is 9.17. The highest BCUT2D eigenvalue weighted by atomic mass is 16.1. The molecule has 3 N–H and O–H groups in total. The summed E-state index contributed by atoms with van der Waals surface area (Å²) in [5, 5.41) is 9.40. The second kappa shape index (κ2) is 6.12. The van der Waals surface area contributed by atoms with E-state index in [9.17, 15) is 4.79 Å². The fourth-order valence-electron chi connectivity index (χ4n) is 1.84. The average molecular weight is 262 g/mol. The number of hydrogen-bond donors (Lipinski definition) is 3. The molecule has 0 saturated carbocycles. The minimum absolute atomic E-state index is 0.280. The van der Waals surface area contributed by atoms with Crippen LogP contribution in [0.3, 0.4) is 0 Å². The molecule has 2 aromatic rings. The van der Waals surface area contributed by atoms with E-state index in [0.29, 0.717) is 18.8 Å². The fourth-order valence-corrected chi connectivity index (χ4v) is 1.84. The van der Waals surface area contributed by atoms with Crippen LogP contribution < -0.4 is 11.0 Å². The van der Waals surface area contributed by atoms with Gasteiger partial charge in [0.15, 0.2) is 0 Å². The smallest absolute Gasteiger partial charge is 0.340 e. The number of aromatic amines is 2. The van der Waals surface area contributed by atoms with E-state index in [0.717, 1.165) is 30.2 Å². The van der Waals surface area contributed by atoms with Gasteiger partial charge in [-0.3, -0.25) is 4.98 Å². The standard InChI is InChI=1S/C12H18N6O/c1-3-4-9-7-11(15-8(2)14-9)13-6-5-10-16-12(19)18-17-10/h7H,3-6H2,1-2H3,(H,13,14,15)(H2,16,17,18,19). The first kappa shape index (κ1) is 13.3. The maximum Gasteiger partial charge on any atom is 0.340 e. The Kier molecular flexibility index (Phi) is 4.27. The van der Waals surface area contributed by atoms with E-state index in [-0.39, 0.29) is 5.69 Å². The number of rotatable bonds is 6. The molecule has 0 aromatic carbocycles. The van der Waals surface area contributed by atoms with Gasteiger partial charge in [0.1, 0.15) is 17.5 Å². The molecule has 7 nitrogen and oxygen atoms in total. The van der Waals surface area contributed by atoms with Gasteiger partial charge in [0, 0.05) is 24.7 Å². The zero-order chi connectivity index (χ0) is 13.7. The van der Waals surface area contributed by atoms with Gasteiger partial charge in [-0.05, 0) is 13.3 Å². The third kappa shape index (κ3) is 3.90. The number of H-pyrrole nitrogens is 2. The summed E-state index contributed by atoms with van der Waals surface area (Å²) >= 11 is 0. The van der Waals surface area contributed by atoms with Gasteiger partial charge < -0.3 is 5.32 Å². The molecule has 2 rings (SSSR count). The molecule has 0 fully saturated rings. The topological polar surface area (TPSA) is 99.3 Å². The first-order valence-corrected chi connectivity index (χ1v) is 6.39. The van der Waals surface area contributed by atoms with E-state index in [1.54, 1.807) is 0 Å². The van der Waals surface area contributed by atoms with Crippen LogP contribution in [0.15, 0.2) is 10.9 Å². The predicted molar refractivity (Wildman–Crippen MR) is 72.2 cm³/mol. The van der Waals surface area contributed by atoms with Crippen LogP contribution in [0.1, 0.15) is 30.7 Å². The number of anilines is 1. The van der Waals surface area contributed by atoms with Crippen LogP contribution in [0.2, 0.25) is 0 Å². The van der Waals surface area contributed by atoms with Crippen molar-refractivity contribution >= 4 is 5.82 Å². The molecule has 0 radical (unpaired) electrons. The SMILES string of the molecule is CCCc1cc(NCCc2n[nH]c(=O)[nH]2)nc(C)n1. The van der Waals surface area contributed by atoms with Crippen molar-refractivity contribution in [2.75, 3.05) is 11.9 Å². The van der Waals surface area contributed by atoms with Crippen molar-refractivity contribution in [3.05, 3.63) is 33.9 Å². The number of nitrogens with zero attached hydrogens (tertiary/aromatic N) is 3. The van der Waals surface area contributed by atoms with Gasteiger partial charge in [-0.15, -0.1) is 0 Å². The average Bonchev–Trinajstić information content (AvgIpc) is 2.75. The van der Waals surface area contributed by atoms with E-state index in [1.807, 2.05) is 13.0 Å². The first-order valence-electron chi connectivity index (χ1n) is 6.39. The lowest BCUT2D eigenvalue weighted by atomic mass is 10.2. The van der Waals surface area contributed by atoms with E-state index in [2.05, 4.69) is 37.4 Å². The summed E-state index contributed by atoms with van der Waals surface area (Å²) in [6.45, 7) is 4.66. The highest BCUT2D eigenvalue weighted by molar-refractivity contribution is 5.36. The summed E-state index contributed by atoms with van der Waals surface area (Å²) in [5.74, 6) is 2.22. The Morgan fingerprint density at radius 1 is 1.32 bits per heavy atom. The minimum atomic E-state index is -0.280. The Morgan fingerprint density at radius 2 is 2.16 bits per heavy atom. The molecule has 0 aliphatic heterocycles. The van der Waals surface area contributed by atoms with Crippen LogP contribution in [0.5, 0.6) is 0 Å². The molecule has 0 unspecified atom stereocenters.